The van der Waals surface area contributed by atoms with Crippen molar-refractivity contribution < 1.29 is 31.5 Å². The van der Waals surface area contributed by atoms with Gasteiger partial charge in [-0.3, -0.25) is 4.72 Å². The summed E-state index contributed by atoms with van der Waals surface area (Å²) in [7, 11) is -2.80. The molecule has 2 aromatic heterocycles. The molecular weight excluding hydrogens is 426 g/mol. The molecule has 0 aliphatic carbocycles. The first-order chi connectivity index (χ1) is 14.9. The molecule has 4 aromatic rings. The standard InChI is InChI=1S/C21H17NO8S/c1-3-28-21(24)12-4-6-13(7-5-12)22-31(25,26)20-14-8-9-16(23)30-18(14)19(27-2)17-15(20)10-11-29-17/h4-11,22H,3H2,1-2H3. The fourth-order valence-corrected chi connectivity index (χ4v) is 4.70. The van der Waals surface area contributed by atoms with Crippen molar-refractivity contribution in [2.45, 2.75) is 11.8 Å². The first-order valence-electron chi connectivity index (χ1n) is 9.16. The van der Waals surface area contributed by atoms with Gasteiger partial charge >= 0.3 is 11.6 Å². The first kappa shape index (κ1) is 20.5. The predicted molar refractivity (Wildman–Crippen MR) is 112 cm³/mol. The largest absolute Gasteiger partial charge is 0.490 e. The minimum absolute atomic E-state index is 0.0458. The summed E-state index contributed by atoms with van der Waals surface area (Å²) in [5.74, 6) is -0.390. The summed E-state index contributed by atoms with van der Waals surface area (Å²) in [6.07, 6.45) is 1.32. The van der Waals surface area contributed by atoms with Gasteiger partial charge in [-0.2, -0.15) is 0 Å². The van der Waals surface area contributed by atoms with E-state index in [1.54, 1.807) is 6.92 Å². The summed E-state index contributed by atoms with van der Waals surface area (Å²) < 4.78 is 50.0. The van der Waals surface area contributed by atoms with Crippen LogP contribution in [-0.4, -0.2) is 28.1 Å². The van der Waals surface area contributed by atoms with Crippen LogP contribution >= 0.6 is 0 Å². The molecule has 31 heavy (non-hydrogen) atoms. The number of ether oxygens (including phenoxy) is 2. The SMILES string of the molecule is CCOC(=O)c1ccc(NS(=O)(=O)c2c3ccoc3c(OC)c3oc(=O)ccc23)cc1. The van der Waals surface area contributed by atoms with Crippen LogP contribution in [0.4, 0.5) is 5.69 Å². The van der Waals surface area contributed by atoms with Crippen molar-refractivity contribution in [2.75, 3.05) is 18.4 Å². The zero-order chi connectivity index (χ0) is 22.2. The average molecular weight is 443 g/mol. The van der Waals surface area contributed by atoms with Crippen LogP contribution < -0.4 is 15.1 Å². The Bertz CT molecular complexity index is 1450. The second-order valence-corrected chi connectivity index (χ2v) is 8.05. The summed E-state index contributed by atoms with van der Waals surface area (Å²) in [5, 5.41) is 0.412. The van der Waals surface area contributed by atoms with E-state index in [4.69, 9.17) is 18.3 Å². The van der Waals surface area contributed by atoms with E-state index in [0.717, 1.165) is 6.07 Å². The van der Waals surface area contributed by atoms with Crippen LogP contribution in [0, 0.1) is 0 Å². The third-order valence-electron chi connectivity index (χ3n) is 4.52. The van der Waals surface area contributed by atoms with Gasteiger partial charge in [-0.15, -0.1) is 0 Å². The number of methoxy groups -OCH3 is 1. The highest BCUT2D eigenvalue weighted by molar-refractivity contribution is 7.93. The lowest BCUT2D eigenvalue weighted by atomic mass is 10.1. The van der Waals surface area contributed by atoms with E-state index in [2.05, 4.69) is 4.72 Å². The fraction of sp³-hybridized carbons (Fsp3) is 0.143. The number of benzene rings is 2. The van der Waals surface area contributed by atoms with E-state index >= 15 is 0 Å². The van der Waals surface area contributed by atoms with E-state index in [0.29, 0.717) is 5.56 Å². The Morgan fingerprint density at radius 1 is 1.03 bits per heavy atom. The van der Waals surface area contributed by atoms with Crippen molar-refractivity contribution in [3.05, 3.63) is 64.7 Å². The van der Waals surface area contributed by atoms with Gasteiger partial charge in [-0.05, 0) is 43.3 Å². The highest BCUT2D eigenvalue weighted by atomic mass is 32.2. The molecule has 2 aromatic carbocycles. The summed E-state index contributed by atoms with van der Waals surface area (Å²) in [4.78, 5) is 23.4. The summed E-state index contributed by atoms with van der Waals surface area (Å²) in [6, 6.07) is 9.77. The molecule has 9 nitrogen and oxygen atoms in total. The van der Waals surface area contributed by atoms with E-state index in [9.17, 15) is 18.0 Å². The Balaban J connectivity index is 1.84. The molecule has 0 bridgehead atoms. The van der Waals surface area contributed by atoms with Gasteiger partial charge in [0.25, 0.3) is 10.0 Å². The van der Waals surface area contributed by atoms with Gasteiger partial charge in [0.15, 0.2) is 11.2 Å². The zero-order valence-corrected chi connectivity index (χ0v) is 17.3. The number of nitrogens with one attached hydrogen (secondary N) is 1. The molecule has 0 atom stereocenters. The number of rotatable bonds is 6. The van der Waals surface area contributed by atoms with Crippen molar-refractivity contribution in [3.8, 4) is 5.75 Å². The lowest BCUT2D eigenvalue weighted by molar-refractivity contribution is 0.0526. The molecule has 0 aliphatic rings. The Kier molecular flexibility index (Phi) is 5.15. The molecule has 0 spiro atoms. The third kappa shape index (κ3) is 3.61. The van der Waals surface area contributed by atoms with E-state index in [-0.39, 0.29) is 44.9 Å². The maximum absolute atomic E-state index is 13.3. The van der Waals surface area contributed by atoms with Crippen LogP contribution in [-0.2, 0) is 14.8 Å². The second-order valence-electron chi connectivity index (χ2n) is 6.43. The monoisotopic (exact) mass is 443 g/mol. The van der Waals surface area contributed by atoms with Crippen molar-refractivity contribution in [1.29, 1.82) is 0 Å². The lowest BCUT2D eigenvalue weighted by Gasteiger charge is -2.13. The first-order valence-corrected chi connectivity index (χ1v) is 10.6. The van der Waals surface area contributed by atoms with Crippen molar-refractivity contribution in [2.24, 2.45) is 0 Å². The Hall–Kier alpha value is -3.79. The number of hydrogen-bond donors (Lipinski definition) is 1. The Morgan fingerprint density at radius 3 is 2.42 bits per heavy atom. The molecule has 2 heterocycles. The van der Waals surface area contributed by atoms with E-state index in [1.807, 2.05) is 0 Å². The number of furan rings is 1. The second kappa shape index (κ2) is 7.80. The molecule has 4 rings (SSSR count). The minimum atomic E-state index is -4.16. The molecule has 0 radical (unpaired) electrons. The Labute approximate surface area is 176 Å². The number of fused-ring (bicyclic) bond motifs is 2. The highest BCUT2D eigenvalue weighted by Gasteiger charge is 2.27. The molecule has 0 fully saturated rings. The maximum Gasteiger partial charge on any atom is 0.338 e. The molecular formula is C21H17NO8S. The zero-order valence-electron chi connectivity index (χ0n) is 16.5. The van der Waals surface area contributed by atoms with Crippen LogP contribution in [0.5, 0.6) is 5.75 Å². The number of carbonyl (C=O) groups is 1. The highest BCUT2D eigenvalue weighted by Crippen LogP contribution is 2.40. The number of esters is 1. The third-order valence-corrected chi connectivity index (χ3v) is 6.00. The molecule has 160 valence electrons. The molecule has 10 heteroatoms. The maximum atomic E-state index is 13.3. The van der Waals surface area contributed by atoms with Crippen LogP contribution in [0.2, 0.25) is 0 Å². The van der Waals surface area contributed by atoms with Gasteiger partial charge < -0.3 is 18.3 Å². The molecule has 0 amide bonds. The van der Waals surface area contributed by atoms with Crippen molar-refractivity contribution in [1.82, 2.24) is 0 Å². The predicted octanol–water partition coefficient (Wildman–Crippen LogP) is 3.53. The molecule has 0 unspecified atom stereocenters. The molecule has 0 aliphatic heterocycles. The van der Waals surface area contributed by atoms with Crippen LogP contribution in [0.1, 0.15) is 17.3 Å². The Morgan fingerprint density at radius 2 is 1.74 bits per heavy atom. The quantitative estimate of drug-likeness (QED) is 0.354. The summed E-state index contributed by atoms with van der Waals surface area (Å²) >= 11 is 0. The summed E-state index contributed by atoms with van der Waals surface area (Å²) in [6.45, 7) is 1.92. The number of sulfonamides is 1. The van der Waals surface area contributed by atoms with Crippen LogP contribution in [0.25, 0.3) is 21.9 Å². The van der Waals surface area contributed by atoms with E-state index in [1.165, 1.54) is 49.8 Å². The number of hydrogen-bond acceptors (Lipinski definition) is 8. The van der Waals surface area contributed by atoms with Crippen molar-refractivity contribution in [3.63, 3.8) is 0 Å². The molecule has 0 saturated carbocycles. The van der Waals surface area contributed by atoms with Gasteiger partial charge in [0.1, 0.15) is 4.90 Å². The summed E-state index contributed by atoms with van der Waals surface area (Å²) in [5.41, 5.74) is -0.0647. The van der Waals surface area contributed by atoms with E-state index < -0.39 is 21.6 Å². The normalized spacial score (nSPS) is 11.5. The lowest BCUT2D eigenvalue weighted by Crippen LogP contribution is -2.15. The van der Waals surface area contributed by atoms with Crippen LogP contribution in [0.3, 0.4) is 0 Å². The number of anilines is 1. The fourth-order valence-electron chi connectivity index (χ4n) is 3.25. The smallest absolute Gasteiger partial charge is 0.338 e. The van der Waals surface area contributed by atoms with Gasteiger partial charge in [0.05, 0.1) is 25.5 Å². The van der Waals surface area contributed by atoms with Gasteiger partial charge in [-0.25, -0.2) is 18.0 Å². The average Bonchev–Trinajstić information content (AvgIpc) is 3.21. The molecule has 0 saturated heterocycles. The van der Waals surface area contributed by atoms with Gasteiger partial charge in [-0.1, -0.05) is 0 Å². The molecule has 1 N–H and O–H groups in total. The van der Waals surface area contributed by atoms with Crippen molar-refractivity contribution >= 4 is 43.6 Å². The van der Waals surface area contributed by atoms with Gasteiger partial charge in [0, 0.05) is 22.5 Å². The minimum Gasteiger partial charge on any atom is -0.490 e. The van der Waals surface area contributed by atoms with Gasteiger partial charge in [0.2, 0.25) is 5.75 Å². The number of carbonyl (C=O) groups excluding carboxylic acids is 1. The van der Waals surface area contributed by atoms with Crippen LogP contribution in [0.15, 0.2) is 67.3 Å². The topological polar surface area (TPSA) is 125 Å².